The fourth-order valence-electron chi connectivity index (χ4n) is 4.19. The highest BCUT2D eigenvalue weighted by atomic mass is 16.7. The molecule has 0 amide bonds. The summed E-state index contributed by atoms with van der Waals surface area (Å²) in [4.78, 5) is 0. The van der Waals surface area contributed by atoms with Gasteiger partial charge in [0.05, 0.1) is 22.4 Å². The third kappa shape index (κ3) is 5.23. The SMILES string of the molecule is CC1(C)OB(c2ccc(Oc3ccc(Oc4ccc(B5OC(C)(C)C(C)(C)O5)cc4)cc3)cc2)OC1(C)C. The van der Waals surface area contributed by atoms with Gasteiger partial charge < -0.3 is 28.1 Å². The number of rotatable bonds is 6. The molecule has 0 aliphatic carbocycles. The molecule has 5 rings (SSSR count). The zero-order valence-corrected chi connectivity index (χ0v) is 23.5. The zero-order chi connectivity index (χ0) is 27.3. The fraction of sp³-hybridized carbons (Fsp3) is 0.400. The Kier molecular flexibility index (Phi) is 6.67. The van der Waals surface area contributed by atoms with Gasteiger partial charge in [-0.2, -0.15) is 0 Å². The van der Waals surface area contributed by atoms with Gasteiger partial charge in [0.15, 0.2) is 0 Å². The minimum Gasteiger partial charge on any atom is -0.457 e. The van der Waals surface area contributed by atoms with Gasteiger partial charge in [-0.3, -0.25) is 0 Å². The van der Waals surface area contributed by atoms with Crippen LogP contribution in [0.3, 0.4) is 0 Å². The van der Waals surface area contributed by atoms with Gasteiger partial charge in [-0.15, -0.1) is 0 Å². The van der Waals surface area contributed by atoms with Crippen molar-refractivity contribution in [3.63, 3.8) is 0 Å². The van der Waals surface area contributed by atoms with Gasteiger partial charge in [-0.25, -0.2) is 0 Å². The predicted molar refractivity (Wildman–Crippen MR) is 151 cm³/mol. The van der Waals surface area contributed by atoms with E-state index in [0.29, 0.717) is 0 Å². The summed E-state index contributed by atoms with van der Waals surface area (Å²) in [6, 6.07) is 23.1. The molecule has 38 heavy (non-hydrogen) atoms. The molecule has 2 saturated heterocycles. The summed E-state index contributed by atoms with van der Waals surface area (Å²) in [5.74, 6) is 2.91. The Labute approximate surface area is 226 Å². The second kappa shape index (κ2) is 9.45. The molecule has 198 valence electrons. The lowest BCUT2D eigenvalue weighted by Crippen LogP contribution is -2.41. The maximum absolute atomic E-state index is 6.13. The Morgan fingerprint density at radius 1 is 0.395 bits per heavy atom. The van der Waals surface area contributed by atoms with E-state index in [1.165, 1.54) is 0 Å². The largest absolute Gasteiger partial charge is 0.494 e. The molecule has 0 radical (unpaired) electrons. The molecule has 3 aromatic carbocycles. The molecular formula is C30H36B2O6. The molecule has 2 fully saturated rings. The number of benzene rings is 3. The smallest absolute Gasteiger partial charge is 0.457 e. The van der Waals surface area contributed by atoms with Gasteiger partial charge in [-0.1, -0.05) is 24.3 Å². The molecule has 3 aromatic rings. The predicted octanol–water partition coefficient (Wildman–Crippen LogP) is 5.87. The molecule has 0 saturated carbocycles. The van der Waals surface area contributed by atoms with Crippen molar-refractivity contribution in [3.8, 4) is 23.0 Å². The lowest BCUT2D eigenvalue weighted by atomic mass is 9.79. The summed E-state index contributed by atoms with van der Waals surface area (Å²) in [6.07, 6.45) is 0. The molecular weight excluding hydrogens is 478 g/mol. The van der Waals surface area contributed by atoms with Crippen molar-refractivity contribution in [1.82, 2.24) is 0 Å². The topological polar surface area (TPSA) is 55.4 Å². The molecule has 0 spiro atoms. The highest BCUT2D eigenvalue weighted by Gasteiger charge is 2.52. The van der Waals surface area contributed by atoms with E-state index in [2.05, 4.69) is 55.4 Å². The molecule has 2 aliphatic rings. The van der Waals surface area contributed by atoms with Gasteiger partial charge in [-0.05, 0) is 115 Å². The van der Waals surface area contributed by atoms with Crippen LogP contribution in [0, 0.1) is 0 Å². The second-order valence-corrected chi connectivity index (χ2v) is 12.0. The van der Waals surface area contributed by atoms with E-state index in [4.69, 9.17) is 28.1 Å². The van der Waals surface area contributed by atoms with Crippen molar-refractivity contribution in [1.29, 1.82) is 0 Å². The van der Waals surface area contributed by atoms with Crippen LogP contribution in [0.5, 0.6) is 23.0 Å². The van der Waals surface area contributed by atoms with Crippen LogP contribution in [0.2, 0.25) is 0 Å². The van der Waals surface area contributed by atoms with E-state index in [1.807, 2.05) is 72.8 Å². The third-order valence-electron chi connectivity index (χ3n) is 8.11. The average molecular weight is 514 g/mol. The Morgan fingerprint density at radius 3 is 0.842 bits per heavy atom. The Bertz CT molecular complexity index is 1140. The molecule has 0 aromatic heterocycles. The van der Waals surface area contributed by atoms with E-state index >= 15 is 0 Å². The molecule has 0 N–H and O–H groups in total. The zero-order valence-electron chi connectivity index (χ0n) is 23.5. The van der Waals surface area contributed by atoms with Crippen molar-refractivity contribution in [3.05, 3.63) is 72.8 Å². The molecule has 0 bridgehead atoms. The van der Waals surface area contributed by atoms with Crippen LogP contribution >= 0.6 is 0 Å². The Hall–Kier alpha value is -2.77. The number of ether oxygens (including phenoxy) is 2. The summed E-state index contributed by atoms with van der Waals surface area (Å²) >= 11 is 0. The monoisotopic (exact) mass is 514 g/mol. The molecule has 8 heteroatoms. The average Bonchev–Trinajstić information content (AvgIpc) is 3.20. The van der Waals surface area contributed by atoms with Crippen molar-refractivity contribution in [2.75, 3.05) is 0 Å². The summed E-state index contributed by atoms with van der Waals surface area (Å²) < 4.78 is 36.6. The van der Waals surface area contributed by atoms with Crippen molar-refractivity contribution >= 4 is 25.2 Å². The van der Waals surface area contributed by atoms with Crippen LogP contribution in [-0.4, -0.2) is 36.6 Å². The summed E-state index contributed by atoms with van der Waals surface area (Å²) in [5, 5.41) is 0. The van der Waals surface area contributed by atoms with Crippen LogP contribution < -0.4 is 20.4 Å². The van der Waals surface area contributed by atoms with Crippen LogP contribution in [0.4, 0.5) is 0 Å². The maximum atomic E-state index is 6.13. The number of hydrogen-bond donors (Lipinski definition) is 0. The van der Waals surface area contributed by atoms with E-state index in [1.54, 1.807) is 0 Å². The molecule has 6 nitrogen and oxygen atoms in total. The molecule has 0 atom stereocenters. The van der Waals surface area contributed by atoms with Crippen LogP contribution in [0.25, 0.3) is 0 Å². The third-order valence-corrected chi connectivity index (χ3v) is 8.11. The van der Waals surface area contributed by atoms with Crippen LogP contribution in [0.1, 0.15) is 55.4 Å². The van der Waals surface area contributed by atoms with Gasteiger partial charge >= 0.3 is 14.2 Å². The second-order valence-electron chi connectivity index (χ2n) is 12.0. The van der Waals surface area contributed by atoms with Gasteiger partial charge in [0.25, 0.3) is 0 Å². The van der Waals surface area contributed by atoms with Gasteiger partial charge in [0.2, 0.25) is 0 Å². The standard InChI is InChI=1S/C30H36B2O6/c1-27(2)28(3,4)36-31(35-27)21-9-13-23(14-10-21)33-25-17-19-26(20-18-25)34-24-15-11-22(12-16-24)32-37-29(5,6)30(7,8)38-32/h9-20H,1-8H3. The lowest BCUT2D eigenvalue weighted by Gasteiger charge is -2.32. The van der Waals surface area contributed by atoms with Crippen molar-refractivity contribution < 1.29 is 28.1 Å². The summed E-state index contributed by atoms with van der Waals surface area (Å²) in [7, 11) is -0.784. The first kappa shape index (κ1) is 26.8. The van der Waals surface area contributed by atoms with E-state index in [0.717, 1.165) is 33.9 Å². The quantitative estimate of drug-likeness (QED) is 0.384. The van der Waals surface area contributed by atoms with Crippen molar-refractivity contribution in [2.45, 2.75) is 77.8 Å². The summed E-state index contributed by atoms with van der Waals surface area (Å²) in [6.45, 7) is 16.4. The van der Waals surface area contributed by atoms with Gasteiger partial charge in [0.1, 0.15) is 23.0 Å². The van der Waals surface area contributed by atoms with Crippen molar-refractivity contribution in [2.24, 2.45) is 0 Å². The fourth-order valence-corrected chi connectivity index (χ4v) is 4.19. The first-order valence-corrected chi connectivity index (χ1v) is 13.1. The lowest BCUT2D eigenvalue weighted by molar-refractivity contribution is 0.00578. The molecule has 2 aliphatic heterocycles. The normalized spacial score (nSPS) is 20.9. The number of hydrogen-bond acceptors (Lipinski definition) is 6. The van der Waals surface area contributed by atoms with Gasteiger partial charge in [0, 0.05) is 0 Å². The van der Waals surface area contributed by atoms with Crippen LogP contribution in [0.15, 0.2) is 72.8 Å². The minimum atomic E-state index is -0.392. The Balaban J connectivity index is 1.17. The van der Waals surface area contributed by atoms with Crippen LogP contribution in [-0.2, 0) is 18.6 Å². The Morgan fingerprint density at radius 2 is 0.605 bits per heavy atom. The first-order valence-electron chi connectivity index (χ1n) is 13.1. The maximum Gasteiger partial charge on any atom is 0.494 e. The van der Waals surface area contributed by atoms with E-state index in [-0.39, 0.29) is 22.4 Å². The highest BCUT2D eigenvalue weighted by Crippen LogP contribution is 2.38. The first-order chi connectivity index (χ1) is 17.7. The van der Waals surface area contributed by atoms with E-state index < -0.39 is 14.2 Å². The highest BCUT2D eigenvalue weighted by molar-refractivity contribution is 6.62. The minimum absolute atomic E-state index is 0.369. The van der Waals surface area contributed by atoms with E-state index in [9.17, 15) is 0 Å². The molecule has 0 unspecified atom stereocenters. The summed E-state index contributed by atoms with van der Waals surface area (Å²) in [5.41, 5.74) is 0.448. The molecule has 2 heterocycles.